The number of hydrogen-bond donors (Lipinski definition) is 0. The zero-order valence-corrected chi connectivity index (χ0v) is 15.1. The molecule has 26 heavy (non-hydrogen) atoms. The normalized spacial score (nSPS) is 16.1. The van der Waals surface area contributed by atoms with Crippen molar-refractivity contribution in [3.05, 3.63) is 48.2 Å². The van der Waals surface area contributed by atoms with Crippen LogP contribution in [0.15, 0.2) is 41.1 Å². The van der Waals surface area contributed by atoms with Gasteiger partial charge >= 0.3 is 0 Å². The molecule has 0 bridgehead atoms. The molecule has 134 valence electrons. The first-order valence-corrected chi connectivity index (χ1v) is 8.81. The van der Waals surface area contributed by atoms with Gasteiger partial charge in [-0.3, -0.25) is 4.90 Å². The minimum absolute atomic E-state index is 0.613. The fourth-order valence-corrected chi connectivity index (χ4v) is 3.07. The maximum atomic E-state index is 5.47. The smallest absolute Gasteiger partial charge is 0.241 e. The van der Waals surface area contributed by atoms with Crippen LogP contribution in [-0.2, 0) is 6.54 Å². The molecule has 0 saturated carbocycles. The van der Waals surface area contributed by atoms with Crippen LogP contribution in [0.1, 0.15) is 11.7 Å². The molecule has 3 aromatic rings. The van der Waals surface area contributed by atoms with Crippen LogP contribution in [0.3, 0.4) is 0 Å². The lowest BCUT2D eigenvalue weighted by Crippen LogP contribution is -2.43. The number of aromatic nitrogens is 4. The standard InChI is InChI=1S/C19H22N6O/c1-14-20-7-6-17(21-14)15-4-3-5-16(12-15)19-22-18(26-23-19)13-25-10-8-24(2)9-11-25/h3-7,12H,8-11,13H2,1-2H3. The molecular formula is C19H22N6O. The lowest BCUT2D eigenvalue weighted by Gasteiger charge is -2.31. The van der Waals surface area contributed by atoms with E-state index in [1.807, 2.05) is 37.3 Å². The molecule has 1 aliphatic heterocycles. The second-order valence-corrected chi connectivity index (χ2v) is 6.66. The lowest BCUT2D eigenvalue weighted by atomic mass is 10.1. The first kappa shape index (κ1) is 16.8. The van der Waals surface area contributed by atoms with Crippen LogP contribution in [-0.4, -0.2) is 63.1 Å². The van der Waals surface area contributed by atoms with E-state index in [1.165, 1.54) is 0 Å². The SMILES string of the molecule is Cc1nccc(-c2cccc(-c3noc(CN4CCN(C)CC4)n3)c2)n1. The average Bonchev–Trinajstić information content (AvgIpc) is 3.12. The van der Waals surface area contributed by atoms with Crippen molar-refractivity contribution >= 4 is 0 Å². The Balaban J connectivity index is 1.51. The Bertz CT molecular complexity index is 885. The summed E-state index contributed by atoms with van der Waals surface area (Å²) >= 11 is 0. The maximum Gasteiger partial charge on any atom is 0.241 e. The average molecular weight is 350 g/mol. The van der Waals surface area contributed by atoms with Gasteiger partial charge < -0.3 is 9.42 Å². The van der Waals surface area contributed by atoms with Crippen molar-refractivity contribution < 1.29 is 4.52 Å². The molecular weight excluding hydrogens is 328 g/mol. The van der Waals surface area contributed by atoms with E-state index in [4.69, 9.17) is 4.52 Å². The quantitative estimate of drug-likeness (QED) is 0.714. The van der Waals surface area contributed by atoms with Crippen LogP contribution in [0.4, 0.5) is 0 Å². The summed E-state index contributed by atoms with van der Waals surface area (Å²) in [6.07, 6.45) is 1.77. The molecule has 0 N–H and O–H groups in total. The minimum atomic E-state index is 0.613. The second-order valence-electron chi connectivity index (χ2n) is 6.66. The topological polar surface area (TPSA) is 71.2 Å². The lowest BCUT2D eigenvalue weighted by molar-refractivity contribution is 0.135. The number of rotatable bonds is 4. The number of benzene rings is 1. The van der Waals surface area contributed by atoms with E-state index in [9.17, 15) is 0 Å². The summed E-state index contributed by atoms with van der Waals surface area (Å²) in [6.45, 7) is 6.78. The Hall–Kier alpha value is -2.64. The predicted octanol–water partition coefficient (Wildman–Crippen LogP) is 2.25. The monoisotopic (exact) mass is 350 g/mol. The van der Waals surface area contributed by atoms with Crippen LogP contribution in [0, 0.1) is 6.92 Å². The van der Waals surface area contributed by atoms with Gasteiger partial charge in [-0.05, 0) is 26.1 Å². The van der Waals surface area contributed by atoms with E-state index in [0.717, 1.165) is 48.8 Å². The Kier molecular flexibility index (Phi) is 4.73. The third-order valence-corrected chi connectivity index (χ3v) is 4.62. The van der Waals surface area contributed by atoms with Crippen LogP contribution in [0.5, 0.6) is 0 Å². The fraction of sp³-hybridized carbons (Fsp3) is 0.368. The number of aryl methyl sites for hydroxylation is 1. The van der Waals surface area contributed by atoms with E-state index < -0.39 is 0 Å². The van der Waals surface area contributed by atoms with Gasteiger partial charge in [0.25, 0.3) is 0 Å². The molecule has 1 saturated heterocycles. The van der Waals surface area contributed by atoms with Crippen molar-refractivity contribution in [3.8, 4) is 22.6 Å². The molecule has 7 heteroatoms. The molecule has 0 atom stereocenters. The van der Waals surface area contributed by atoms with Crippen LogP contribution < -0.4 is 0 Å². The van der Waals surface area contributed by atoms with Crippen molar-refractivity contribution in [1.82, 2.24) is 29.9 Å². The summed E-state index contributed by atoms with van der Waals surface area (Å²) < 4.78 is 5.47. The van der Waals surface area contributed by atoms with E-state index in [-0.39, 0.29) is 0 Å². The highest BCUT2D eigenvalue weighted by Crippen LogP contribution is 2.23. The van der Waals surface area contributed by atoms with Gasteiger partial charge in [-0.15, -0.1) is 0 Å². The second kappa shape index (κ2) is 7.31. The van der Waals surface area contributed by atoms with E-state index >= 15 is 0 Å². The molecule has 0 unspecified atom stereocenters. The van der Waals surface area contributed by atoms with E-state index in [2.05, 4.69) is 37.0 Å². The third kappa shape index (κ3) is 3.79. The van der Waals surface area contributed by atoms with Crippen molar-refractivity contribution in [2.24, 2.45) is 0 Å². The van der Waals surface area contributed by atoms with Crippen LogP contribution >= 0.6 is 0 Å². The van der Waals surface area contributed by atoms with Gasteiger partial charge in [-0.25, -0.2) is 9.97 Å². The molecule has 7 nitrogen and oxygen atoms in total. The Labute approximate surface area is 152 Å². The summed E-state index contributed by atoms with van der Waals surface area (Å²) in [5.74, 6) is 2.02. The molecule has 0 amide bonds. The molecule has 0 aliphatic carbocycles. The highest BCUT2D eigenvalue weighted by Gasteiger charge is 2.17. The Morgan fingerprint density at radius 3 is 2.65 bits per heavy atom. The predicted molar refractivity (Wildman–Crippen MR) is 98.3 cm³/mol. The molecule has 0 spiro atoms. The van der Waals surface area contributed by atoms with E-state index in [1.54, 1.807) is 6.20 Å². The molecule has 1 aliphatic rings. The first-order valence-electron chi connectivity index (χ1n) is 8.81. The highest BCUT2D eigenvalue weighted by molar-refractivity contribution is 5.67. The number of likely N-dealkylation sites (N-methyl/N-ethyl adjacent to an activating group) is 1. The minimum Gasteiger partial charge on any atom is -0.338 e. The summed E-state index contributed by atoms with van der Waals surface area (Å²) in [7, 11) is 2.15. The van der Waals surface area contributed by atoms with Gasteiger partial charge in [0.15, 0.2) is 0 Å². The summed E-state index contributed by atoms with van der Waals surface area (Å²) in [5, 5.41) is 4.16. The Morgan fingerprint density at radius 1 is 1.04 bits per heavy atom. The molecule has 0 radical (unpaired) electrons. The largest absolute Gasteiger partial charge is 0.338 e. The first-order chi connectivity index (χ1) is 12.7. The molecule has 1 aromatic carbocycles. The zero-order chi connectivity index (χ0) is 17.9. The maximum absolute atomic E-state index is 5.47. The molecule has 2 aromatic heterocycles. The highest BCUT2D eigenvalue weighted by atomic mass is 16.5. The Morgan fingerprint density at radius 2 is 1.85 bits per heavy atom. The number of piperazine rings is 1. The van der Waals surface area contributed by atoms with Crippen molar-refractivity contribution in [3.63, 3.8) is 0 Å². The summed E-state index contributed by atoms with van der Waals surface area (Å²) in [4.78, 5) is 17.9. The molecule has 1 fully saturated rings. The van der Waals surface area contributed by atoms with Gasteiger partial charge in [0.2, 0.25) is 11.7 Å². The third-order valence-electron chi connectivity index (χ3n) is 4.62. The number of hydrogen-bond acceptors (Lipinski definition) is 7. The fourth-order valence-electron chi connectivity index (χ4n) is 3.07. The van der Waals surface area contributed by atoms with Gasteiger partial charge in [-0.2, -0.15) is 4.98 Å². The van der Waals surface area contributed by atoms with E-state index in [0.29, 0.717) is 18.3 Å². The van der Waals surface area contributed by atoms with Crippen molar-refractivity contribution in [2.75, 3.05) is 33.2 Å². The van der Waals surface area contributed by atoms with Crippen molar-refractivity contribution in [1.29, 1.82) is 0 Å². The van der Waals surface area contributed by atoms with Gasteiger partial charge in [-0.1, -0.05) is 23.4 Å². The van der Waals surface area contributed by atoms with Crippen molar-refractivity contribution in [2.45, 2.75) is 13.5 Å². The number of nitrogens with zero attached hydrogens (tertiary/aromatic N) is 6. The molecule has 4 rings (SSSR count). The summed E-state index contributed by atoms with van der Waals surface area (Å²) in [6, 6.07) is 9.94. The summed E-state index contributed by atoms with van der Waals surface area (Å²) in [5.41, 5.74) is 2.83. The van der Waals surface area contributed by atoms with Crippen LogP contribution in [0.25, 0.3) is 22.6 Å². The zero-order valence-electron chi connectivity index (χ0n) is 15.1. The van der Waals surface area contributed by atoms with Gasteiger partial charge in [0.1, 0.15) is 5.82 Å². The van der Waals surface area contributed by atoms with Crippen LogP contribution in [0.2, 0.25) is 0 Å². The van der Waals surface area contributed by atoms with Gasteiger partial charge in [0, 0.05) is 43.5 Å². The van der Waals surface area contributed by atoms with Gasteiger partial charge in [0.05, 0.1) is 12.2 Å². The molecule has 3 heterocycles.